The minimum Gasteiger partial charge on any atom is -0.382 e. The van der Waals surface area contributed by atoms with Crippen molar-refractivity contribution in [1.29, 1.82) is 0 Å². The summed E-state index contributed by atoms with van der Waals surface area (Å²) in [4.78, 5) is 2.58. The average Bonchev–Trinajstić information content (AvgIpc) is 2.52. The predicted molar refractivity (Wildman–Crippen MR) is 75.4 cm³/mol. The van der Waals surface area contributed by atoms with Crippen molar-refractivity contribution in [2.45, 2.75) is 43.8 Å². The van der Waals surface area contributed by atoms with Crippen molar-refractivity contribution >= 4 is 21.6 Å². The van der Waals surface area contributed by atoms with Crippen molar-refractivity contribution in [1.82, 2.24) is 4.90 Å². The van der Waals surface area contributed by atoms with Crippen LogP contribution in [-0.2, 0) is 0 Å². The molecule has 0 spiro atoms. The summed E-state index contributed by atoms with van der Waals surface area (Å²) >= 11 is 3.52. The molecule has 2 aliphatic rings. The van der Waals surface area contributed by atoms with Crippen LogP contribution in [0.15, 0.2) is 28.7 Å². The molecule has 0 aromatic heterocycles. The molecule has 2 fully saturated rings. The summed E-state index contributed by atoms with van der Waals surface area (Å²) in [5, 5.41) is 3.69. The maximum atomic E-state index is 3.69. The zero-order chi connectivity index (χ0) is 11.8. The molecule has 1 aromatic rings. The van der Waals surface area contributed by atoms with E-state index in [0.717, 1.165) is 16.6 Å². The van der Waals surface area contributed by atoms with Gasteiger partial charge in [0, 0.05) is 28.3 Å². The molecule has 3 heteroatoms. The Bertz CT molecular complexity index is 393. The van der Waals surface area contributed by atoms with Gasteiger partial charge in [-0.3, -0.25) is 0 Å². The van der Waals surface area contributed by atoms with E-state index in [0.29, 0.717) is 6.04 Å². The molecule has 0 amide bonds. The largest absolute Gasteiger partial charge is 0.382 e. The maximum Gasteiger partial charge on any atom is 0.0353 e. The lowest BCUT2D eigenvalue weighted by atomic mass is 9.98. The van der Waals surface area contributed by atoms with Gasteiger partial charge in [-0.2, -0.15) is 0 Å². The van der Waals surface area contributed by atoms with Crippen molar-refractivity contribution < 1.29 is 0 Å². The Morgan fingerprint density at radius 2 is 1.94 bits per heavy atom. The van der Waals surface area contributed by atoms with Crippen LogP contribution in [-0.4, -0.2) is 30.1 Å². The van der Waals surface area contributed by atoms with E-state index in [1.54, 1.807) is 0 Å². The molecule has 0 aliphatic carbocycles. The number of rotatable bonds is 2. The third-order valence-corrected chi connectivity index (χ3v) is 4.79. The highest BCUT2D eigenvalue weighted by atomic mass is 79.9. The Labute approximate surface area is 112 Å². The predicted octanol–water partition coefficient (Wildman–Crippen LogP) is 3.49. The summed E-state index contributed by atoms with van der Waals surface area (Å²) in [6.45, 7) is 0. The first-order chi connectivity index (χ1) is 8.22. The fourth-order valence-corrected chi connectivity index (χ4v) is 3.74. The Morgan fingerprint density at radius 1 is 1.24 bits per heavy atom. The zero-order valence-electron chi connectivity index (χ0n) is 10.2. The molecular formula is C14H19BrN2. The molecule has 2 aliphatic heterocycles. The van der Waals surface area contributed by atoms with Crippen LogP contribution in [0.4, 0.5) is 5.69 Å². The van der Waals surface area contributed by atoms with Crippen LogP contribution in [0.3, 0.4) is 0 Å². The molecule has 1 aromatic carbocycles. The van der Waals surface area contributed by atoms with Crippen LogP contribution in [0.25, 0.3) is 0 Å². The van der Waals surface area contributed by atoms with E-state index in [4.69, 9.17) is 0 Å². The van der Waals surface area contributed by atoms with Gasteiger partial charge in [0.25, 0.3) is 0 Å². The second-order valence-corrected chi connectivity index (χ2v) is 6.29. The third kappa shape index (κ3) is 2.36. The van der Waals surface area contributed by atoms with Gasteiger partial charge in [0.1, 0.15) is 0 Å². The number of benzene rings is 1. The smallest absolute Gasteiger partial charge is 0.0353 e. The van der Waals surface area contributed by atoms with E-state index >= 15 is 0 Å². The summed E-state index contributed by atoms with van der Waals surface area (Å²) < 4.78 is 1.15. The lowest BCUT2D eigenvalue weighted by Gasteiger charge is -2.37. The molecule has 17 heavy (non-hydrogen) atoms. The number of halogens is 1. The topological polar surface area (TPSA) is 15.3 Å². The van der Waals surface area contributed by atoms with Gasteiger partial charge in [0.15, 0.2) is 0 Å². The van der Waals surface area contributed by atoms with Crippen molar-refractivity contribution in [3.63, 3.8) is 0 Å². The molecule has 2 heterocycles. The normalized spacial score (nSPS) is 32.7. The second-order valence-electron chi connectivity index (χ2n) is 5.37. The average molecular weight is 295 g/mol. The molecule has 0 saturated carbocycles. The number of fused-ring (bicyclic) bond motifs is 2. The van der Waals surface area contributed by atoms with E-state index in [9.17, 15) is 0 Å². The van der Waals surface area contributed by atoms with Crippen LogP contribution in [0.5, 0.6) is 0 Å². The molecule has 0 radical (unpaired) electrons. The van der Waals surface area contributed by atoms with Crippen molar-refractivity contribution in [3.05, 3.63) is 28.7 Å². The number of nitrogens with zero attached hydrogens (tertiary/aromatic N) is 1. The quantitative estimate of drug-likeness (QED) is 0.898. The molecule has 2 nitrogen and oxygen atoms in total. The van der Waals surface area contributed by atoms with Gasteiger partial charge in [0.05, 0.1) is 0 Å². The summed E-state index contributed by atoms with van der Waals surface area (Å²) in [6.07, 6.45) is 5.36. The van der Waals surface area contributed by atoms with Crippen LogP contribution >= 0.6 is 15.9 Å². The first-order valence-electron chi connectivity index (χ1n) is 6.46. The summed E-state index contributed by atoms with van der Waals surface area (Å²) in [5.41, 5.74) is 1.24. The maximum absolute atomic E-state index is 3.69. The summed E-state index contributed by atoms with van der Waals surface area (Å²) in [6, 6.07) is 10.7. The first-order valence-corrected chi connectivity index (χ1v) is 7.26. The number of piperidine rings is 1. The lowest BCUT2D eigenvalue weighted by molar-refractivity contribution is 0.169. The monoisotopic (exact) mass is 294 g/mol. The minimum atomic E-state index is 0.651. The van der Waals surface area contributed by atoms with Gasteiger partial charge >= 0.3 is 0 Å². The molecule has 3 rings (SSSR count). The minimum absolute atomic E-state index is 0.651. The van der Waals surface area contributed by atoms with Gasteiger partial charge < -0.3 is 10.2 Å². The zero-order valence-corrected chi connectivity index (χ0v) is 11.8. The number of hydrogen-bond acceptors (Lipinski definition) is 2. The fraction of sp³-hybridized carbons (Fsp3) is 0.571. The fourth-order valence-electron chi connectivity index (χ4n) is 3.34. The van der Waals surface area contributed by atoms with Gasteiger partial charge in [0.2, 0.25) is 0 Å². The van der Waals surface area contributed by atoms with Crippen molar-refractivity contribution in [3.8, 4) is 0 Å². The lowest BCUT2D eigenvalue weighted by Crippen LogP contribution is -2.44. The van der Waals surface area contributed by atoms with Gasteiger partial charge in [-0.1, -0.05) is 22.0 Å². The number of nitrogens with one attached hydrogen (secondary N) is 1. The van der Waals surface area contributed by atoms with Crippen LogP contribution < -0.4 is 5.32 Å². The standard InChI is InChI=1S/C14H19BrN2/c1-17-13-5-6-14(17)9-12(8-13)16-11-4-2-3-10(15)7-11/h2-4,7,12-14,16H,5-6,8-9H2,1H3/t12?,13-,14+. The Balaban J connectivity index is 1.67. The van der Waals surface area contributed by atoms with Crippen LogP contribution in [0.1, 0.15) is 25.7 Å². The Morgan fingerprint density at radius 3 is 2.59 bits per heavy atom. The molecule has 1 unspecified atom stereocenters. The molecule has 2 saturated heterocycles. The first kappa shape index (κ1) is 11.5. The number of anilines is 1. The van der Waals surface area contributed by atoms with Gasteiger partial charge in [-0.15, -0.1) is 0 Å². The number of hydrogen-bond donors (Lipinski definition) is 1. The van der Waals surface area contributed by atoms with Gasteiger partial charge in [-0.05, 0) is 50.9 Å². The van der Waals surface area contributed by atoms with Crippen LogP contribution in [0.2, 0.25) is 0 Å². The summed E-state index contributed by atoms with van der Waals surface area (Å²) in [7, 11) is 2.29. The Hall–Kier alpha value is -0.540. The third-order valence-electron chi connectivity index (χ3n) is 4.29. The van der Waals surface area contributed by atoms with Crippen molar-refractivity contribution in [2.24, 2.45) is 0 Å². The van der Waals surface area contributed by atoms with Crippen molar-refractivity contribution in [2.75, 3.05) is 12.4 Å². The van der Waals surface area contributed by atoms with Crippen LogP contribution in [0, 0.1) is 0 Å². The van der Waals surface area contributed by atoms with E-state index < -0.39 is 0 Å². The SMILES string of the molecule is CN1[C@@H]2CC[C@H]1CC(Nc1cccc(Br)c1)C2. The highest BCUT2D eigenvalue weighted by Crippen LogP contribution is 2.35. The van der Waals surface area contributed by atoms with E-state index in [1.165, 1.54) is 31.4 Å². The molecular weight excluding hydrogens is 276 g/mol. The second kappa shape index (κ2) is 4.62. The highest BCUT2D eigenvalue weighted by Gasteiger charge is 2.38. The van der Waals surface area contributed by atoms with Gasteiger partial charge in [-0.25, -0.2) is 0 Å². The van der Waals surface area contributed by atoms with E-state index in [-0.39, 0.29) is 0 Å². The summed E-state index contributed by atoms with van der Waals surface area (Å²) in [5.74, 6) is 0. The van der Waals surface area contributed by atoms with E-state index in [1.807, 2.05) is 0 Å². The molecule has 92 valence electrons. The molecule has 2 bridgehead atoms. The Kier molecular flexibility index (Phi) is 3.14. The molecule has 3 atom stereocenters. The molecule has 1 N–H and O–H groups in total. The highest BCUT2D eigenvalue weighted by molar-refractivity contribution is 9.10. The van der Waals surface area contributed by atoms with E-state index in [2.05, 4.69) is 57.5 Å².